The molecule has 0 fully saturated rings. The Morgan fingerprint density at radius 2 is 1.80 bits per heavy atom. The number of carbonyl (C=O) groups excluding carboxylic acids is 1. The van der Waals surface area contributed by atoms with Crippen molar-refractivity contribution in [3.63, 3.8) is 0 Å². The first-order valence-electron chi connectivity index (χ1n) is 10.8. The Kier molecular flexibility index (Phi) is 6.73. The molecule has 3 aromatic carbocycles. The Labute approximate surface area is 199 Å². The zero-order valence-corrected chi connectivity index (χ0v) is 19.0. The monoisotopic (exact) mass is 482 g/mol. The van der Waals surface area contributed by atoms with E-state index >= 15 is 0 Å². The summed E-state index contributed by atoms with van der Waals surface area (Å²) < 4.78 is 61.9. The van der Waals surface area contributed by atoms with E-state index < -0.39 is 24.8 Å². The molecule has 0 spiro atoms. The second kappa shape index (κ2) is 9.74. The number of benzene rings is 3. The molecule has 0 aliphatic heterocycles. The van der Waals surface area contributed by atoms with Crippen LogP contribution in [0.4, 0.5) is 17.6 Å². The van der Waals surface area contributed by atoms with Gasteiger partial charge < -0.3 is 10.1 Å². The van der Waals surface area contributed by atoms with Gasteiger partial charge in [-0.15, -0.1) is 0 Å². The number of rotatable bonds is 7. The van der Waals surface area contributed by atoms with Crippen LogP contribution in [-0.2, 0) is 5.92 Å². The number of pyridine rings is 1. The average Bonchev–Trinajstić information content (AvgIpc) is 2.82. The van der Waals surface area contributed by atoms with Crippen LogP contribution in [0.25, 0.3) is 10.9 Å². The molecule has 0 bridgehead atoms. The van der Waals surface area contributed by atoms with Crippen molar-refractivity contribution < 1.29 is 27.1 Å². The highest BCUT2D eigenvalue weighted by molar-refractivity contribution is 6.08. The number of nitrogens with zero attached hydrogens (tertiary/aromatic N) is 1. The van der Waals surface area contributed by atoms with Crippen LogP contribution in [0.5, 0.6) is 11.5 Å². The number of fused-ring (bicyclic) bond motifs is 1. The molecule has 0 atom stereocenters. The van der Waals surface area contributed by atoms with Crippen molar-refractivity contribution in [1.82, 2.24) is 10.3 Å². The van der Waals surface area contributed by atoms with E-state index in [2.05, 4.69) is 10.3 Å². The van der Waals surface area contributed by atoms with Gasteiger partial charge in [0.05, 0.1) is 23.8 Å². The predicted octanol–water partition coefficient (Wildman–Crippen LogP) is 7.10. The molecule has 0 radical (unpaired) electrons. The van der Waals surface area contributed by atoms with Crippen molar-refractivity contribution in [3.8, 4) is 11.5 Å². The highest BCUT2D eigenvalue weighted by Crippen LogP contribution is 2.33. The smallest absolute Gasteiger partial charge is 0.290 e. The maximum Gasteiger partial charge on any atom is 0.290 e. The molecular weight excluding hydrogens is 460 g/mol. The first-order chi connectivity index (χ1) is 16.7. The highest BCUT2D eigenvalue weighted by Gasteiger charge is 2.34. The van der Waals surface area contributed by atoms with Gasteiger partial charge in [0.1, 0.15) is 5.75 Å². The minimum Gasteiger partial charge on any atom is -0.455 e. The lowest BCUT2D eigenvalue weighted by Crippen LogP contribution is -2.35. The number of ether oxygens (including phenoxy) is 1. The van der Waals surface area contributed by atoms with Crippen molar-refractivity contribution >= 4 is 16.8 Å². The van der Waals surface area contributed by atoms with E-state index in [1.807, 2.05) is 6.92 Å². The quantitative estimate of drug-likeness (QED) is 0.286. The molecule has 0 unspecified atom stereocenters. The number of halogens is 4. The van der Waals surface area contributed by atoms with Crippen LogP contribution in [0.2, 0.25) is 0 Å². The number of aromatic nitrogens is 1. The van der Waals surface area contributed by atoms with Gasteiger partial charge in [-0.3, -0.25) is 9.78 Å². The van der Waals surface area contributed by atoms with Crippen molar-refractivity contribution in [1.29, 1.82) is 0 Å². The summed E-state index contributed by atoms with van der Waals surface area (Å²) in [6.07, 6.45) is -1.43. The number of aryl methyl sites for hydroxylation is 2. The van der Waals surface area contributed by atoms with Crippen LogP contribution in [0.1, 0.15) is 39.0 Å². The second-order valence-corrected chi connectivity index (χ2v) is 8.20. The van der Waals surface area contributed by atoms with Gasteiger partial charge in [-0.2, -0.15) is 8.78 Å². The molecule has 0 saturated heterocycles. The molecule has 1 N–H and O–H groups in total. The summed E-state index contributed by atoms with van der Waals surface area (Å²) in [5, 5.41) is 2.69. The number of hydrogen-bond donors (Lipinski definition) is 1. The van der Waals surface area contributed by atoms with Crippen LogP contribution in [0.15, 0.2) is 72.9 Å². The second-order valence-electron chi connectivity index (χ2n) is 8.20. The fourth-order valence-electron chi connectivity index (χ4n) is 3.87. The lowest BCUT2D eigenvalue weighted by atomic mass is 10.00. The minimum atomic E-state index is -3.32. The van der Waals surface area contributed by atoms with Crippen molar-refractivity contribution in [2.45, 2.75) is 26.2 Å². The Morgan fingerprint density at radius 3 is 2.54 bits per heavy atom. The summed E-state index contributed by atoms with van der Waals surface area (Å²) in [6.45, 7) is 2.46. The summed E-state index contributed by atoms with van der Waals surface area (Å²) in [5.41, 5.74) is 1.27. The summed E-state index contributed by atoms with van der Waals surface area (Å²) in [7, 11) is 0. The van der Waals surface area contributed by atoms with E-state index in [1.54, 1.807) is 43.3 Å². The topological polar surface area (TPSA) is 51.2 Å². The van der Waals surface area contributed by atoms with Crippen molar-refractivity contribution in [2.75, 3.05) is 6.54 Å². The third-order valence-electron chi connectivity index (χ3n) is 5.55. The third kappa shape index (κ3) is 5.26. The van der Waals surface area contributed by atoms with E-state index in [4.69, 9.17) is 4.74 Å². The maximum atomic E-state index is 15.0. The van der Waals surface area contributed by atoms with Gasteiger partial charge in [0, 0.05) is 16.5 Å². The van der Waals surface area contributed by atoms with Gasteiger partial charge in [0.15, 0.2) is 5.75 Å². The fraction of sp³-hybridized carbons (Fsp3) is 0.185. The molecule has 1 amide bonds. The van der Waals surface area contributed by atoms with E-state index in [1.165, 1.54) is 30.5 Å². The predicted molar refractivity (Wildman–Crippen MR) is 125 cm³/mol. The zero-order chi connectivity index (χ0) is 25.2. The third-order valence-corrected chi connectivity index (χ3v) is 5.55. The Balaban J connectivity index is 1.66. The van der Waals surface area contributed by atoms with Gasteiger partial charge in [0.25, 0.3) is 18.3 Å². The van der Waals surface area contributed by atoms with Crippen molar-refractivity contribution in [2.24, 2.45) is 0 Å². The summed E-state index contributed by atoms with van der Waals surface area (Å²) in [6, 6.07) is 16.5. The lowest BCUT2D eigenvalue weighted by molar-refractivity contribution is -0.00308. The average molecular weight is 482 g/mol. The van der Waals surface area contributed by atoms with Crippen LogP contribution < -0.4 is 10.1 Å². The van der Waals surface area contributed by atoms with Crippen molar-refractivity contribution in [3.05, 3.63) is 101 Å². The Hall–Kier alpha value is -3.94. The highest BCUT2D eigenvalue weighted by atomic mass is 19.3. The number of para-hydroxylation sites is 1. The van der Waals surface area contributed by atoms with Gasteiger partial charge in [-0.1, -0.05) is 54.1 Å². The van der Waals surface area contributed by atoms with E-state index in [0.717, 1.165) is 11.6 Å². The molecule has 0 aliphatic carbocycles. The number of amides is 1. The molecule has 4 nitrogen and oxygen atoms in total. The standard InChI is InChI=1S/C27H22F4N2O2/c1-16-10-11-21(17(2)12-16)27(30,31)15-33-26(34)24-20-8-3-4-9-22(20)32-14-23(24)35-19-7-5-6-18(13-19)25(28)29/h3-14,25H,15H2,1-2H3,(H,33,34). The van der Waals surface area contributed by atoms with Crippen LogP contribution >= 0.6 is 0 Å². The van der Waals surface area contributed by atoms with Gasteiger partial charge in [-0.05, 0) is 37.6 Å². The van der Waals surface area contributed by atoms with Gasteiger partial charge in [-0.25, -0.2) is 8.78 Å². The number of carbonyl (C=O) groups is 1. The van der Waals surface area contributed by atoms with Gasteiger partial charge >= 0.3 is 0 Å². The number of nitrogens with one attached hydrogen (secondary N) is 1. The largest absolute Gasteiger partial charge is 0.455 e. The maximum absolute atomic E-state index is 15.0. The number of alkyl halides is 4. The lowest BCUT2D eigenvalue weighted by Gasteiger charge is -2.21. The van der Waals surface area contributed by atoms with Gasteiger partial charge in [0.2, 0.25) is 0 Å². The summed E-state index contributed by atoms with van der Waals surface area (Å²) in [5.74, 6) is -4.09. The van der Waals surface area contributed by atoms with Crippen LogP contribution in [0, 0.1) is 13.8 Å². The zero-order valence-electron chi connectivity index (χ0n) is 19.0. The molecule has 1 heterocycles. The molecule has 4 rings (SSSR count). The summed E-state index contributed by atoms with van der Waals surface area (Å²) in [4.78, 5) is 17.4. The first kappa shape index (κ1) is 24.2. The molecule has 1 aromatic heterocycles. The molecular formula is C27H22F4N2O2. The number of hydrogen-bond acceptors (Lipinski definition) is 3. The molecule has 180 valence electrons. The normalized spacial score (nSPS) is 11.6. The Bertz CT molecular complexity index is 1390. The summed E-state index contributed by atoms with van der Waals surface area (Å²) >= 11 is 0. The Morgan fingerprint density at radius 1 is 1.03 bits per heavy atom. The van der Waals surface area contributed by atoms with E-state index in [-0.39, 0.29) is 28.2 Å². The van der Waals surface area contributed by atoms with E-state index in [9.17, 15) is 22.4 Å². The molecule has 4 aromatic rings. The van der Waals surface area contributed by atoms with Crippen LogP contribution in [0.3, 0.4) is 0 Å². The van der Waals surface area contributed by atoms with E-state index in [0.29, 0.717) is 16.5 Å². The first-order valence-corrected chi connectivity index (χ1v) is 10.8. The fourth-order valence-corrected chi connectivity index (χ4v) is 3.87. The van der Waals surface area contributed by atoms with Crippen LogP contribution in [-0.4, -0.2) is 17.4 Å². The molecule has 0 aliphatic rings. The molecule has 0 saturated carbocycles. The SMILES string of the molecule is Cc1ccc(C(F)(F)CNC(=O)c2c(Oc3cccc(C(F)F)c3)cnc3ccccc23)c(C)c1. The minimum absolute atomic E-state index is 0.0190. The molecule has 35 heavy (non-hydrogen) atoms. The molecule has 8 heteroatoms.